The summed E-state index contributed by atoms with van der Waals surface area (Å²) >= 11 is 0. The van der Waals surface area contributed by atoms with Crippen molar-refractivity contribution < 1.29 is 43.7 Å². The molecule has 1 fully saturated rings. The molecule has 3 rings (SSSR count). The first kappa shape index (κ1) is 29.4. The molecule has 0 radical (unpaired) electrons. The van der Waals surface area contributed by atoms with Gasteiger partial charge in [0.05, 0.1) is 30.3 Å². The van der Waals surface area contributed by atoms with E-state index in [0.29, 0.717) is 12.1 Å². The number of para-hydroxylation sites is 1. The Morgan fingerprint density at radius 3 is 1.85 bits per heavy atom. The van der Waals surface area contributed by atoms with E-state index in [-0.39, 0.29) is 24.3 Å². The monoisotopic (exact) mass is 542 g/mol. The number of esters is 2. The average molecular weight is 543 g/mol. The van der Waals surface area contributed by atoms with Crippen LogP contribution in [0.25, 0.3) is 0 Å². The van der Waals surface area contributed by atoms with Crippen molar-refractivity contribution in [3.8, 4) is 0 Å². The van der Waals surface area contributed by atoms with Crippen LogP contribution < -0.4 is 4.48 Å². The van der Waals surface area contributed by atoms with E-state index >= 15 is 0 Å². The maximum Gasteiger partial charge on any atom is 0.441 e. The Morgan fingerprint density at radius 2 is 1.33 bits per heavy atom. The van der Waals surface area contributed by atoms with Gasteiger partial charge in [0, 0.05) is 19.2 Å². The third kappa shape index (κ3) is 5.98. The first-order chi connectivity index (χ1) is 18.6. The molecule has 12 heteroatoms. The van der Waals surface area contributed by atoms with Gasteiger partial charge in [-0.1, -0.05) is 37.3 Å². The molecule has 6 amide bonds. The molecule has 0 aromatic heterocycles. The van der Waals surface area contributed by atoms with Gasteiger partial charge in [-0.05, 0) is 25.5 Å². The van der Waals surface area contributed by atoms with Crippen LogP contribution in [-0.2, 0) is 9.47 Å². The van der Waals surface area contributed by atoms with Crippen molar-refractivity contribution in [1.29, 1.82) is 0 Å². The SMILES string of the molecule is CCC(O)COC(=O)c1ccccc1C(=O)OCC(O)CN1C(=O)N(C)C(=O)[N+](CC)(c2ccccc2)C1=O. The molecule has 2 aromatic rings. The van der Waals surface area contributed by atoms with Gasteiger partial charge in [-0.2, -0.15) is 0 Å². The molecule has 0 saturated carbocycles. The Balaban J connectivity index is 1.72. The molecule has 12 nitrogen and oxygen atoms in total. The maximum atomic E-state index is 13.5. The molecule has 2 aromatic carbocycles. The molecule has 0 aliphatic carbocycles. The number of nitrogens with zero attached hydrogens (tertiary/aromatic N) is 3. The van der Waals surface area contributed by atoms with Gasteiger partial charge in [0.15, 0.2) is 5.69 Å². The van der Waals surface area contributed by atoms with Crippen molar-refractivity contribution in [2.24, 2.45) is 0 Å². The number of hydrogen-bond acceptors (Lipinski definition) is 9. The van der Waals surface area contributed by atoms with E-state index in [4.69, 9.17) is 9.47 Å². The number of imide groups is 3. The lowest BCUT2D eigenvalue weighted by Crippen LogP contribution is -2.74. The van der Waals surface area contributed by atoms with Crippen LogP contribution in [0.1, 0.15) is 41.0 Å². The van der Waals surface area contributed by atoms with E-state index in [2.05, 4.69) is 0 Å². The summed E-state index contributed by atoms with van der Waals surface area (Å²) in [4.78, 5) is 66.2. The van der Waals surface area contributed by atoms with Gasteiger partial charge in [-0.3, -0.25) is 0 Å². The van der Waals surface area contributed by atoms with Crippen LogP contribution in [0.3, 0.4) is 0 Å². The lowest BCUT2D eigenvalue weighted by Gasteiger charge is -2.41. The van der Waals surface area contributed by atoms with E-state index in [1.165, 1.54) is 31.3 Å². The molecule has 208 valence electrons. The second kappa shape index (κ2) is 12.6. The number of hydrogen-bond donors (Lipinski definition) is 2. The van der Waals surface area contributed by atoms with E-state index in [0.717, 1.165) is 9.80 Å². The predicted molar refractivity (Wildman–Crippen MR) is 139 cm³/mol. The number of rotatable bonds is 11. The summed E-state index contributed by atoms with van der Waals surface area (Å²) in [5.74, 6) is -1.77. The van der Waals surface area contributed by atoms with Crippen LogP contribution in [0.4, 0.5) is 20.1 Å². The lowest BCUT2D eigenvalue weighted by atomic mass is 10.1. The van der Waals surface area contributed by atoms with Crippen LogP contribution in [-0.4, -0.2) is 95.6 Å². The molecular formula is C27H32N3O9+. The fourth-order valence-electron chi connectivity index (χ4n) is 4.12. The summed E-state index contributed by atoms with van der Waals surface area (Å²) in [6.45, 7) is 1.97. The van der Waals surface area contributed by atoms with Gasteiger partial charge in [0.1, 0.15) is 19.3 Å². The van der Waals surface area contributed by atoms with E-state index < -0.39 is 59.9 Å². The average Bonchev–Trinajstić information content (AvgIpc) is 2.96. The summed E-state index contributed by atoms with van der Waals surface area (Å²) in [7, 11) is 1.25. The minimum Gasteiger partial charge on any atom is -0.459 e. The summed E-state index contributed by atoms with van der Waals surface area (Å²) in [5, 5.41) is 20.2. The topological polar surface area (TPSA) is 151 Å². The second-order valence-electron chi connectivity index (χ2n) is 8.94. The number of quaternary nitrogens is 1. The van der Waals surface area contributed by atoms with Crippen LogP contribution >= 0.6 is 0 Å². The number of amides is 6. The van der Waals surface area contributed by atoms with Gasteiger partial charge in [-0.15, -0.1) is 4.48 Å². The van der Waals surface area contributed by atoms with Crippen LogP contribution in [0, 0.1) is 0 Å². The molecule has 0 spiro atoms. The summed E-state index contributed by atoms with van der Waals surface area (Å²) < 4.78 is 9.42. The predicted octanol–water partition coefficient (Wildman–Crippen LogP) is 2.77. The van der Waals surface area contributed by atoms with E-state index in [9.17, 15) is 34.2 Å². The first-order valence-corrected chi connectivity index (χ1v) is 12.5. The molecule has 1 aliphatic heterocycles. The van der Waals surface area contributed by atoms with Gasteiger partial charge in [0.2, 0.25) is 0 Å². The Bertz CT molecular complexity index is 1240. The quantitative estimate of drug-likeness (QED) is 0.323. The highest BCUT2D eigenvalue weighted by Crippen LogP contribution is 2.31. The van der Waals surface area contributed by atoms with Crippen molar-refractivity contribution in [1.82, 2.24) is 14.3 Å². The fraction of sp³-hybridized carbons (Fsp3) is 0.370. The van der Waals surface area contributed by atoms with Crippen LogP contribution in [0.2, 0.25) is 0 Å². The molecule has 0 bridgehead atoms. The number of aliphatic hydroxyl groups is 2. The minimum atomic E-state index is -1.49. The lowest BCUT2D eigenvalue weighted by molar-refractivity contribution is 0.0171. The highest BCUT2D eigenvalue weighted by molar-refractivity contribution is 6.19. The van der Waals surface area contributed by atoms with E-state index in [1.54, 1.807) is 44.2 Å². The van der Waals surface area contributed by atoms with Gasteiger partial charge in [0.25, 0.3) is 0 Å². The number of benzene rings is 2. The smallest absolute Gasteiger partial charge is 0.441 e. The zero-order valence-electron chi connectivity index (χ0n) is 22.0. The Labute approximate surface area is 225 Å². The highest BCUT2D eigenvalue weighted by Gasteiger charge is 2.58. The normalized spacial score (nSPS) is 19.1. The number of carbonyl (C=O) groups excluding carboxylic acids is 5. The molecule has 3 atom stereocenters. The Morgan fingerprint density at radius 1 is 0.821 bits per heavy atom. The highest BCUT2D eigenvalue weighted by atomic mass is 16.5. The zero-order chi connectivity index (χ0) is 28.7. The molecular weight excluding hydrogens is 510 g/mol. The van der Waals surface area contributed by atoms with Crippen molar-refractivity contribution in [2.75, 3.05) is 33.4 Å². The summed E-state index contributed by atoms with van der Waals surface area (Å²) in [6.07, 6.45) is -1.95. The molecule has 1 heterocycles. The Kier molecular flexibility index (Phi) is 9.51. The van der Waals surface area contributed by atoms with E-state index in [1.807, 2.05) is 0 Å². The maximum absolute atomic E-state index is 13.5. The minimum absolute atomic E-state index is 0.0169. The van der Waals surface area contributed by atoms with Gasteiger partial charge < -0.3 is 19.7 Å². The number of carbonyl (C=O) groups is 5. The van der Waals surface area contributed by atoms with Gasteiger partial charge in [-0.25, -0.2) is 33.8 Å². The largest absolute Gasteiger partial charge is 0.459 e. The number of urea groups is 3. The van der Waals surface area contributed by atoms with Crippen molar-refractivity contribution in [2.45, 2.75) is 32.5 Å². The molecule has 39 heavy (non-hydrogen) atoms. The number of ether oxygens (including phenoxy) is 2. The van der Waals surface area contributed by atoms with Crippen molar-refractivity contribution in [3.63, 3.8) is 0 Å². The second-order valence-corrected chi connectivity index (χ2v) is 8.94. The number of aliphatic hydroxyl groups excluding tert-OH is 2. The summed E-state index contributed by atoms with van der Waals surface area (Å²) in [6, 6.07) is 11.5. The third-order valence-corrected chi connectivity index (χ3v) is 6.41. The Hall–Kier alpha value is -4.13. The standard InChI is InChI=1S/C27H32N3O9/c1-4-19(31)16-38-23(33)21-13-9-10-14-22(21)24(34)39-17-20(32)15-29-25(35)28(3)26(36)30(5-2,27(29)37)18-11-7-6-8-12-18/h6-14,19-20,31-32H,4-5,15-17H2,1-3H3/q+1. The fourth-order valence-corrected chi connectivity index (χ4v) is 4.12. The third-order valence-electron chi connectivity index (χ3n) is 6.41. The van der Waals surface area contributed by atoms with Crippen molar-refractivity contribution >= 4 is 35.7 Å². The molecule has 3 unspecified atom stereocenters. The number of β-amino-alcohol motifs (C(OH)–C–C–N with tert-alkyl or cyclic N) is 1. The zero-order valence-corrected chi connectivity index (χ0v) is 22.0. The molecule has 1 saturated heterocycles. The van der Waals surface area contributed by atoms with Crippen LogP contribution in [0.15, 0.2) is 54.6 Å². The van der Waals surface area contributed by atoms with Gasteiger partial charge >= 0.3 is 30.0 Å². The van der Waals surface area contributed by atoms with Crippen LogP contribution in [0.5, 0.6) is 0 Å². The van der Waals surface area contributed by atoms with Crippen molar-refractivity contribution in [3.05, 3.63) is 65.7 Å². The first-order valence-electron chi connectivity index (χ1n) is 12.5. The molecule has 2 N–H and O–H groups in total. The molecule has 1 aliphatic rings. The summed E-state index contributed by atoms with van der Waals surface area (Å²) in [5.41, 5.74) is 0.145.